The van der Waals surface area contributed by atoms with Gasteiger partial charge in [-0.25, -0.2) is 0 Å². The minimum atomic E-state index is -1.34. The fraction of sp³-hybridized carbons (Fsp3) is 0.846. The van der Waals surface area contributed by atoms with Gasteiger partial charge in [-0.05, 0) is 56.9 Å². The Balaban J connectivity index is 2.09. The van der Waals surface area contributed by atoms with Crippen LogP contribution in [0.15, 0.2) is 12.2 Å². The van der Waals surface area contributed by atoms with E-state index in [0.717, 1.165) is 0 Å². The minimum absolute atomic E-state index is 0.00593. The molecule has 3 aliphatic rings. The Bertz CT molecular complexity index is 760. The van der Waals surface area contributed by atoms with E-state index in [0.29, 0.717) is 37.7 Å². The van der Waals surface area contributed by atoms with Crippen molar-refractivity contribution >= 4 is 11.9 Å². The number of esters is 2. The highest BCUT2D eigenvalue weighted by atomic mass is 16.6. The third-order valence-electron chi connectivity index (χ3n) is 8.11. The molecule has 9 atom stereocenters. The molecule has 0 aromatic carbocycles. The van der Waals surface area contributed by atoms with E-state index in [1.807, 2.05) is 13.8 Å². The molecule has 3 fully saturated rings. The van der Waals surface area contributed by atoms with Crippen LogP contribution in [0.3, 0.4) is 0 Å². The summed E-state index contributed by atoms with van der Waals surface area (Å²) in [5.74, 6) is -0.481. The zero-order valence-electron chi connectivity index (χ0n) is 21.0. The third kappa shape index (κ3) is 5.15. The highest BCUT2D eigenvalue weighted by Crippen LogP contribution is 2.56. The monoisotopic (exact) mass is 466 g/mol. The summed E-state index contributed by atoms with van der Waals surface area (Å²) < 4.78 is 18.3. The van der Waals surface area contributed by atoms with Crippen LogP contribution in [0.25, 0.3) is 0 Å². The number of carbonyl (C=O) groups is 2. The van der Waals surface area contributed by atoms with Crippen molar-refractivity contribution in [3.63, 3.8) is 0 Å². The molecule has 3 rings (SSSR count). The summed E-state index contributed by atoms with van der Waals surface area (Å²) in [6.07, 6.45) is 0.308. The highest BCUT2D eigenvalue weighted by Gasteiger charge is 2.61. The molecule has 1 saturated carbocycles. The summed E-state index contributed by atoms with van der Waals surface area (Å²) in [5, 5.41) is 22.3. The van der Waals surface area contributed by atoms with Crippen LogP contribution in [0, 0.1) is 23.7 Å². The van der Waals surface area contributed by atoms with Gasteiger partial charge in [-0.3, -0.25) is 9.59 Å². The van der Waals surface area contributed by atoms with Crippen molar-refractivity contribution in [3.05, 3.63) is 12.2 Å². The SMILES string of the molecule is C=C1C(O)CC(C(C)C)C2C1C1CC(C)(O)C(OC(C)=O)CCC(C)(OC(=O)CCC)C2O1. The number of hydrogen-bond acceptors (Lipinski definition) is 7. The molecule has 0 spiro atoms. The van der Waals surface area contributed by atoms with Crippen LogP contribution in [0.2, 0.25) is 0 Å². The molecule has 188 valence electrons. The van der Waals surface area contributed by atoms with Gasteiger partial charge in [0, 0.05) is 31.6 Å². The molecule has 0 radical (unpaired) electrons. The Hall–Kier alpha value is -1.44. The van der Waals surface area contributed by atoms with Crippen molar-refractivity contribution < 1.29 is 34.0 Å². The lowest BCUT2D eigenvalue weighted by molar-refractivity contribution is -0.182. The largest absolute Gasteiger partial charge is 0.460 e. The summed E-state index contributed by atoms with van der Waals surface area (Å²) in [6.45, 7) is 15.3. The molecule has 33 heavy (non-hydrogen) atoms. The highest BCUT2D eigenvalue weighted by molar-refractivity contribution is 5.70. The van der Waals surface area contributed by atoms with Gasteiger partial charge >= 0.3 is 11.9 Å². The average Bonchev–Trinajstić information content (AvgIpc) is 3.07. The van der Waals surface area contributed by atoms with Crippen molar-refractivity contribution in [2.24, 2.45) is 23.7 Å². The van der Waals surface area contributed by atoms with Crippen LogP contribution in [0.1, 0.15) is 80.1 Å². The van der Waals surface area contributed by atoms with Crippen molar-refractivity contribution in [2.75, 3.05) is 0 Å². The van der Waals surface area contributed by atoms with E-state index in [-0.39, 0.29) is 36.1 Å². The maximum atomic E-state index is 12.7. The third-order valence-corrected chi connectivity index (χ3v) is 8.11. The second kappa shape index (κ2) is 9.67. The molecule has 9 unspecified atom stereocenters. The first-order valence-corrected chi connectivity index (χ1v) is 12.4. The normalized spacial score (nSPS) is 43.3. The zero-order chi connectivity index (χ0) is 24.7. The summed E-state index contributed by atoms with van der Waals surface area (Å²) in [5.41, 5.74) is -1.59. The number of ether oxygens (including phenoxy) is 3. The fourth-order valence-corrected chi connectivity index (χ4v) is 6.43. The first kappa shape index (κ1) is 26.2. The quantitative estimate of drug-likeness (QED) is 0.472. The molecule has 0 amide bonds. The van der Waals surface area contributed by atoms with Gasteiger partial charge in [-0.2, -0.15) is 0 Å². The lowest BCUT2D eigenvalue weighted by atomic mass is 9.60. The van der Waals surface area contributed by atoms with E-state index < -0.39 is 41.6 Å². The van der Waals surface area contributed by atoms with Crippen LogP contribution in [-0.4, -0.2) is 57.8 Å². The van der Waals surface area contributed by atoms with Crippen LogP contribution in [-0.2, 0) is 23.8 Å². The molecule has 0 aromatic rings. The Morgan fingerprint density at radius 1 is 1.30 bits per heavy atom. The molecular formula is C26H42O7. The lowest BCUT2D eigenvalue weighted by Gasteiger charge is -2.47. The van der Waals surface area contributed by atoms with E-state index >= 15 is 0 Å². The smallest absolute Gasteiger partial charge is 0.306 e. The number of aliphatic hydroxyl groups is 2. The van der Waals surface area contributed by atoms with Crippen molar-refractivity contribution in [1.82, 2.24) is 0 Å². The number of carbonyl (C=O) groups excluding carboxylic acids is 2. The Morgan fingerprint density at radius 2 is 1.97 bits per heavy atom. The maximum Gasteiger partial charge on any atom is 0.306 e. The van der Waals surface area contributed by atoms with Crippen LogP contribution < -0.4 is 0 Å². The second-order valence-electron chi connectivity index (χ2n) is 11.2. The molecular weight excluding hydrogens is 424 g/mol. The van der Waals surface area contributed by atoms with Gasteiger partial charge in [0.1, 0.15) is 23.4 Å². The minimum Gasteiger partial charge on any atom is -0.460 e. The molecule has 2 heterocycles. The summed E-state index contributed by atoms with van der Waals surface area (Å²) in [6, 6.07) is 0. The van der Waals surface area contributed by atoms with Crippen LogP contribution in [0.5, 0.6) is 0 Å². The standard InChI is InChI=1S/C26H42O7/c1-8-9-21(29)33-26(7)11-10-20(31-16(5)27)25(6,30)13-19-22-15(4)18(28)12-17(14(2)3)23(22)24(26)32-19/h14,17-20,22-24,28,30H,4,8-13H2,1-3,5-7H3. The van der Waals surface area contributed by atoms with E-state index in [2.05, 4.69) is 20.4 Å². The molecule has 7 nitrogen and oxygen atoms in total. The summed E-state index contributed by atoms with van der Waals surface area (Å²) in [4.78, 5) is 24.5. The predicted molar refractivity (Wildman–Crippen MR) is 123 cm³/mol. The molecule has 0 aromatic heterocycles. The number of rotatable bonds is 5. The van der Waals surface area contributed by atoms with Crippen LogP contribution >= 0.6 is 0 Å². The first-order chi connectivity index (χ1) is 15.3. The first-order valence-electron chi connectivity index (χ1n) is 12.4. The zero-order valence-corrected chi connectivity index (χ0v) is 21.0. The van der Waals surface area contributed by atoms with Gasteiger partial charge in [0.2, 0.25) is 0 Å². The van der Waals surface area contributed by atoms with Crippen molar-refractivity contribution in [3.8, 4) is 0 Å². The van der Waals surface area contributed by atoms with Gasteiger partial charge in [0.15, 0.2) is 0 Å². The average molecular weight is 467 g/mol. The predicted octanol–water partition coefficient (Wildman–Crippen LogP) is 3.55. The van der Waals surface area contributed by atoms with Gasteiger partial charge in [0.05, 0.1) is 12.2 Å². The van der Waals surface area contributed by atoms with Gasteiger partial charge in [0.25, 0.3) is 0 Å². The van der Waals surface area contributed by atoms with E-state index in [1.54, 1.807) is 6.92 Å². The van der Waals surface area contributed by atoms with Crippen molar-refractivity contribution in [1.29, 1.82) is 0 Å². The second-order valence-corrected chi connectivity index (χ2v) is 11.2. The number of fused-ring (bicyclic) bond motifs is 5. The lowest BCUT2D eigenvalue weighted by Crippen LogP contribution is -2.53. The van der Waals surface area contributed by atoms with E-state index in [4.69, 9.17) is 14.2 Å². The number of hydrogen-bond donors (Lipinski definition) is 2. The summed E-state index contributed by atoms with van der Waals surface area (Å²) in [7, 11) is 0. The maximum absolute atomic E-state index is 12.7. The van der Waals surface area contributed by atoms with Gasteiger partial charge in [-0.15, -0.1) is 0 Å². The Labute approximate surface area is 197 Å². The Morgan fingerprint density at radius 3 is 2.55 bits per heavy atom. The molecule has 2 bridgehead atoms. The fourth-order valence-electron chi connectivity index (χ4n) is 6.43. The summed E-state index contributed by atoms with van der Waals surface area (Å²) >= 11 is 0. The van der Waals surface area contributed by atoms with Gasteiger partial charge in [-0.1, -0.05) is 27.4 Å². The van der Waals surface area contributed by atoms with E-state index in [9.17, 15) is 19.8 Å². The molecule has 7 heteroatoms. The Kier molecular flexibility index (Phi) is 7.67. The molecule has 2 N–H and O–H groups in total. The van der Waals surface area contributed by atoms with Crippen molar-refractivity contribution in [2.45, 2.75) is 116 Å². The van der Waals surface area contributed by atoms with Crippen LogP contribution in [0.4, 0.5) is 0 Å². The topological polar surface area (TPSA) is 102 Å². The van der Waals surface area contributed by atoms with Gasteiger partial charge < -0.3 is 24.4 Å². The molecule has 1 aliphatic carbocycles. The number of aliphatic hydroxyl groups excluding tert-OH is 1. The molecule has 2 saturated heterocycles. The van der Waals surface area contributed by atoms with E-state index in [1.165, 1.54) is 6.92 Å². The molecule has 2 aliphatic heterocycles.